The van der Waals surface area contributed by atoms with Crippen molar-refractivity contribution in [3.63, 3.8) is 0 Å². The number of aromatic hydroxyl groups is 1. The molecule has 1 fully saturated rings. The van der Waals surface area contributed by atoms with Crippen molar-refractivity contribution in [3.8, 4) is 5.75 Å². The molecule has 1 saturated heterocycles. The lowest BCUT2D eigenvalue weighted by Gasteiger charge is -2.38. The first-order valence-electron chi connectivity index (χ1n) is 11.6. The highest BCUT2D eigenvalue weighted by atomic mass is 16.5. The number of hydrogen-bond acceptors (Lipinski definition) is 4. The molecule has 1 aliphatic carbocycles. The van der Waals surface area contributed by atoms with Crippen LogP contribution in [0.4, 0.5) is 0 Å². The number of fused-ring (bicyclic) bond motifs is 2. The van der Waals surface area contributed by atoms with Crippen LogP contribution in [-0.2, 0) is 30.5 Å². The molecule has 5 rings (SSSR count). The van der Waals surface area contributed by atoms with Crippen LogP contribution >= 0.6 is 0 Å². The number of rotatable bonds is 4. The average Bonchev–Trinajstić information content (AvgIpc) is 2.79. The number of phenols is 1. The first-order valence-corrected chi connectivity index (χ1v) is 11.6. The quantitative estimate of drug-likeness (QED) is 0.822. The Morgan fingerprint density at radius 1 is 0.968 bits per heavy atom. The topological polar surface area (TPSA) is 53.0 Å². The predicted octanol–water partition coefficient (Wildman–Crippen LogP) is 3.56. The number of hydrogen-bond donors (Lipinski definition) is 1. The summed E-state index contributed by atoms with van der Waals surface area (Å²) in [5, 5.41) is 9.71. The molecule has 5 heteroatoms. The number of piperidine rings is 1. The van der Waals surface area contributed by atoms with Crippen molar-refractivity contribution in [2.75, 3.05) is 26.7 Å². The highest BCUT2D eigenvalue weighted by molar-refractivity contribution is 5.97. The normalized spacial score (nSPS) is 22.3. The van der Waals surface area contributed by atoms with Crippen LogP contribution in [0.25, 0.3) is 0 Å². The Labute approximate surface area is 184 Å². The SMILES string of the molecule is COC1CCN(Cc2ccc3c(c2)CC[C@H](N2CCc4cc(O)ccc4C2=O)C3)CC1. The molecule has 2 aromatic carbocycles. The molecule has 0 saturated carbocycles. The van der Waals surface area contributed by atoms with E-state index < -0.39 is 0 Å². The number of likely N-dealkylation sites (tertiary alicyclic amines) is 1. The predicted molar refractivity (Wildman–Crippen MR) is 120 cm³/mol. The third-order valence-corrected chi connectivity index (χ3v) is 7.39. The summed E-state index contributed by atoms with van der Waals surface area (Å²) in [6, 6.07) is 12.4. The number of ether oxygens (including phenoxy) is 1. The summed E-state index contributed by atoms with van der Waals surface area (Å²) < 4.78 is 5.49. The minimum atomic E-state index is 0.116. The summed E-state index contributed by atoms with van der Waals surface area (Å²) in [5.74, 6) is 0.358. The number of aryl methyl sites for hydroxylation is 1. The van der Waals surface area contributed by atoms with Gasteiger partial charge in [0, 0.05) is 44.9 Å². The van der Waals surface area contributed by atoms with Gasteiger partial charge in [-0.3, -0.25) is 9.69 Å². The Balaban J connectivity index is 1.24. The summed E-state index contributed by atoms with van der Waals surface area (Å²) in [7, 11) is 1.82. The van der Waals surface area contributed by atoms with Crippen molar-refractivity contribution in [1.29, 1.82) is 0 Å². The maximum Gasteiger partial charge on any atom is 0.254 e. The Hall–Kier alpha value is -2.37. The standard InChI is InChI=1S/C26H32N2O3/c1-31-24-9-11-27(12-10-24)17-18-2-3-20-15-22(5-4-19(20)14-18)28-13-8-21-16-23(29)6-7-25(21)26(28)30/h2-3,6-7,14,16,22,24,29H,4-5,8-13,15,17H2,1H3/t22-/m0/s1. The molecule has 2 aromatic rings. The minimum Gasteiger partial charge on any atom is -0.508 e. The fraction of sp³-hybridized carbons (Fsp3) is 0.500. The highest BCUT2D eigenvalue weighted by Gasteiger charge is 2.32. The molecule has 164 valence electrons. The Kier molecular flexibility index (Phi) is 5.72. The second-order valence-electron chi connectivity index (χ2n) is 9.30. The zero-order valence-electron chi connectivity index (χ0n) is 18.3. The zero-order chi connectivity index (χ0) is 21.4. The fourth-order valence-corrected chi connectivity index (χ4v) is 5.56. The molecule has 3 aliphatic rings. The summed E-state index contributed by atoms with van der Waals surface area (Å²) in [6.07, 6.45) is 6.48. The van der Waals surface area contributed by atoms with Gasteiger partial charge < -0.3 is 14.7 Å². The summed E-state index contributed by atoms with van der Waals surface area (Å²) in [4.78, 5) is 17.7. The van der Waals surface area contributed by atoms with Gasteiger partial charge in [0.25, 0.3) is 5.91 Å². The van der Waals surface area contributed by atoms with E-state index in [9.17, 15) is 9.90 Å². The molecule has 0 spiro atoms. The largest absolute Gasteiger partial charge is 0.508 e. The zero-order valence-corrected chi connectivity index (χ0v) is 18.3. The fourth-order valence-electron chi connectivity index (χ4n) is 5.56. The van der Waals surface area contributed by atoms with E-state index in [2.05, 4.69) is 28.0 Å². The monoisotopic (exact) mass is 420 g/mol. The summed E-state index contributed by atoms with van der Waals surface area (Å²) in [6.45, 7) is 3.97. The van der Waals surface area contributed by atoms with Crippen molar-refractivity contribution < 1.29 is 14.6 Å². The first-order chi connectivity index (χ1) is 15.1. The van der Waals surface area contributed by atoms with E-state index in [4.69, 9.17) is 4.74 Å². The number of nitrogens with zero attached hydrogens (tertiary/aromatic N) is 2. The second kappa shape index (κ2) is 8.64. The molecule has 1 N–H and O–H groups in total. The van der Waals surface area contributed by atoms with Gasteiger partial charge in [0.1, 0.15) is 5.75 Å². The van der Waals surface area contributed by atoms with E-state index in [0.29, 0.717) is 6.10 Å². The number of methoxy groups -OCH3 is 1. The van der Waals surface area contributed by atoms with Gasteiger partial charge in [-0.25, -0.2) is 0 Å². The van der Waals surface area contributed by atoms with Crippen LogP contribution in [0.5, 0.6) is 5.75 Å². The van der Waals surface area contributed by atoms with Crippen molar-refractivity contribution in [3.05, 3.63) is 64.2 Å². The second-order valence-corrected chi connectivity index (χ2v) is 9.30. The maximum absolute atomic E-state index is 13.1. The van der Waals surface area contributed by atoms with Crippen LogP contribution in [0.2, 0.25) is 0 Å². The molecule has 0 aromatic heterocycles. The average molecular weight is 421 g/mol. The minimum absolute atomic E-state index is 0.116. The lowest BCUT2D eigenvalue weighted by Crippen LogP contribution is -2.47. The number of carbonyl (C=O) groups is 1. The molecule has 5 nitrogen and oxygen atoms in total. The van der Waals surface area contributed by atoms with Gasteiger partial charge in [-0.2, -0.15) is 0 Å². The van der Waals surface area contributed by atoms with E-state index in [0.717, 1.165) is 75.8 Å². The van der Waals surface area contributed by atoms with Crippen molar-refractivity contribution >= 4 is 5.91 Å². The maximum atomic E-state index is 13.1. The van der Waals surface area contributed by atoms with E-state index in [-0.39, 0.29) is 17.7 Å². The lowest BCUT2D eigenvalue weighted by molar-refractivity contribution is 0.0388. The summed E-state index contributed by atoms with van der Waals surface area (Å²) >= 11 is 0. The van der Waals surface area contributed by atoms with Gasteiger partial charge in [0.2, 0.25) is 0 Å². The van der Waals surface area contributed by atoms with E-state index in [1.54, 1.807) is 18.2 Å². The molecule has 0 unspecified atom stereocenters. The third kappa shape index (κ3) is 4.21. The van der Waals surface area contributed by atoms with E-state index >= 15 is 0 Å². The molecule has 1 atom stereocenters. The van der Waals surface area contributed by atoms with Crippen LogP contribution in [0.3, 0.4) is 0 Å². The van der Waals surface area contributed by atoms with Crippen molar-refractivity contribution in [2.24, 2.45) is 0 Å². The molecule has 2 heterocycles. The number of carbonyl (C=O) groups excluding carboxylic acids is 1. The van der Waals surface area contributed by atoms with Crippen LogP contribution < -0.4 is 0 Å². The van der Waals surface area contributed by atoms with Gasteiger partial charge in [0.05, 0.1) is 6.10 Å². The van der Waals surface area contributed by atoms with Gasteiger partial charge >= 0.3 is 0 Å². The van der Waals surface area contributed by atoms with Crippen LogP contribution in [0.15, 0.2) is 36.4 Å². The van der Waals surface area contributed by atoms with E-state index in [1.807, 2.05) is 7.11 Å². The number of phenolic OH excluding ortho intramolecular Hbond substituents is 1. The molecule has 31 heavy (non-hydrogen) atoms. The van der Waals surface area contributed by atoms with Gasteiger partial charge in [-0.05, 0) is 79.0 Å². The Morgan fingerprint density at radius 2 is 1.81 bits per heavy atom. The van der Waals surface area contributed by atoms with E-state index in [1.165, 1.54) is 16.7 Å². The van der Waals surface area contributed by atoms with Gasteiger partial charge in [0.15, 0.2) is 0 Å². The van der Waals surface area contributed by atoms with Crippen molar-refractivity contribution in [2.45, 2.75) is 57.2 Å². The molecule has 0 bridgehead atoms. The Morgan fingerprint density at radius 3 is 2.61 bits per heavy atom. The molecule has 2 aliphatic heterocycles. The van der Waals surface area contributed by atoms with Crippen molar-refractivity contribution in [1.82, 2.24) is 9.80 Å². The number of amides is 1. The first kappa shape index (κ1) is 20.5. The summed E-state index contributed by atoms with van der Waals surface area (Å²) in [5.41, 5.74) is 5.97. The Bertz CT molecular complexity index is 965. The van der Waals surface area contributed by atoms with Gasteiger partial charge in [-0.15, -0.1) is 0 Å². The molecular weight excluding hydrogens is 388 g/mol. The lowest BCUT2D eigenvalue weighted by atomic mass is 9.85. The van der Waals surface area contributed by atoms with Crippen LogP contribution in [-0.4, -0.2) is 59.7 Å². The van der Waals surface area contributed by atoms with Gasteiger partial charge in [-0.1, -0.05) is 18.2 Å². The number of benzene rings is 2. The van der Waals surface area contributed by atoms with Crippen LogP contribution in [0.1, 0.15) is 51.9 Å². The molecular formula is C26H32N2O3. The third-order valence-electron chi connectivity index (χ3n) is 7.39. The highest BCUT2D eigenvalue weighted by Crippen LogP contribution is 2.30. The molecule has 1 amide bonds. The van der Waals surface area contributed by atoms with Crippen LogP contribution in [0, 0.1) is 0 Å². The molecule has 0 radical (unpaired) electrons. The smallest absolute Gasteiger partial charge is 0.254 e.